The lowest BCUT2D eigenvalue weighted by atomic mass is 9.84. The molecular weight excluding hydrogens is 781 g/mol. The van der Waals surface area contributed by atoms with Crippen molar-refractivity contribution in [3.8, 4) is 5.69 Å². The zero-order valence-corrected chi connectivity index (χ0v) is 37.3. The van der Waals surface area contributed by atoms with Crippen LogP contribution >= 0.6 is 0 Å². The summed E-state index contributed by atoms with van der Waals surface area (Å²) in [4.78, 5) is 24.7. The highest BCUT2D eigenvalue weighted by Gasteiger charge is 2.36. The third-order valence-corrected chi connectivity index (χ3v) is 11.0. The molecule has 0 spiro atoms. The van der Waals surface area contributed by atoms with Crippen LogP contribution in [0, 0.1) is 36.8 Å². The maximum atomic E-state index is 14.7. The minimum absolute atomic E-state index is 0.0412. The van der Waals surface area contributed by atoms with Gasteiger partial charge in [-0.05, 0) is 118 Å². The standard InChI is InChI=1S/C38H44F4N4O.C7H16O.CH4O2S/c1-7-9-27(17-24-18-28(39)20-29(40)19-24)36-45-35-32(22(5)16-30(44-35)26-12-14-38(41,42)15-13-26)37(47)46(36)31-11-10-25(8-2)33(23(31)6)34(43)21(3)4;1-4-5-6-7(2)8-3;1-4(2)3/h10-11,16,18-21,26-27,43H,7-9,12-15,17H2,1-6H3;7H,4-6H2,1-3H3;1H3,(H,2,3)/p-1. The molecule has 0 aliphatic heterocycles. The first-order valence-electron chi connectivity index (χ1n) is 20.8. The summed E-state index contributed by atoms with van der Waals surface area (Å²) in [5.41, 5.74) is 5.36. The smallest absolute Gasteiger partial charge is 0.267 e. The quantitative estimate of drug-likeness (QED) is 0.0766. The second-order valence-electron chi connectivity index (χ2n) is 16.0. The van der Waals surface area contributed by atoms with Gasteiger partial charge in [0.25, 0.3) is 5.56 Å². The zero-order valence-electron chi connectivity index (χ0n) is 36.4. The summed E-state index contributed by atoms with van der Waals surface area (Å²) >= 11 is -1.86. The number of fused-ring (bicyclic) bond motifs is 1. The van der Waals surface area contributed by atoms with Gasteiger partial charge in [-0.2, -0.15) is 0 Å². The van der Waals surface area contributed by atoms with Gasteiger partial charge < -0.3 is 14.7 Å². The van der Waals surface area contributed by atoms with Crippen molar-refractivity contribution in [1.29, 1.82) is 5.41 Å². The summed E-state index contributed by atoms with van der Waals surface area (Å²) < 4.78 is 81.3. The molecule has 3 atom stereocenters. The number of pyridine rings is 1. The molecule has 0 bridgehead atoms. The van der Waals surface area contributed by atoms with Crippen molar-refractivity contribution >= 4 is 27.8 Å². The van der Waals surface area contributed by atoms with Crippen molar-refractivity contribution in [2.24, 2.45) is 5.92 Å². The number of nitrogens with one attached hydrogen (secondary N) is 1. The number of nitrogens with zero attached hydrogens (tertiary/aromatic N) is 3. The number of rotatable bonds is 14. The maximum absolute atomic E-state index is 14.7. The number of hydrogen-bond acceptors (Lipinski definition) is 7. The number of aryl methyl sites for hydroxylation is 2. The fourth-order valence-corrected chi connectivity index (χ4v) is 7.70. The van der Waals surface area contributed by atoms with E-state index in [1.165, 1.54) is 31.4 Å². The maximum Gasteiger partial charge on any atom is 0.267 e. The van der Waals surface area contributed by atoms with Crippen LogP contribution in [0.3, 0.4) is 0 Å². The van der Waals surface area contributed by atoms with Gasteiger partial charge in [0.15, 0.2) is 5.65 Å². The van der Waals surface area contributed by atoms with Gasteiger partial charge in [-0.1, -0.05) is 71.0 Å². The summed E-state index contributed by atoms with van der Waals surface area (Å²) in [6, 6.07) is 9.12. The van der Waals surface area contributed by atoms with Gasteiger partial charge in [0.2, 0.25) is 5.92 Å². The highest BCUT2D eigenvalue weighted by Crippen LogP contribution is 2.41. The zero-order chi connectivity index (χ0) is 44.2. The minimum Gasteiger partial charge on any atom is -0.773 e. The second-order valence-corrected chi connectivity index (χ2v) is 16.8. The lowest BCUT2D eigenvalue weighted by Gasteiger charge is -2.28. The number of halogens is 4. The van der Waals surface area contributed by atoms with Gasteiger partial charge in [0.05, 0.1) is 17.2 Å². The van der Waals surface area contributed by atoms with Gasteiger partial charge in [-0.25, -0.2) is 27.5 Å². The number of unbranched alkanes of at least 4 members (excludes halogenated alkanes) is 1. The van der Waals surface area contributed by atoms with Gasteiger partial charge in [0, 0.05) is 54.8 Å². The first-order chi connectivity index (χ1) is 27.8. The molecule has 2 heterocycles. The normalized spacial score (nSPS) is 15.5. The molecule has 2 aromatic carbocycles. The molecular formula is C46H63F4N4O4S-. The second kappa shape index (κ2) is 22.7. The fraction of sp³-hybridized carbons (Fsp3) is 0.565. The molecule has 1 fully saturated rings. The summed E-state index contributed by atoms with van der Waals surface area (Å²) in [5.74, 6) is -4.23. The van der Waals surface area contributed by atoms with Gasteiger partial charge in [-0.15, -0.1) is 0 Å². The monoisotopic (exact) mass is 843 g/mol. The number of aromatic nitrogens is 3. The molecule has 0 amide bonds. The van der Waals surface area contributed by atoms with E-state index in [1.807, 2.05) is 59.7 Å². The molecule has 2 aromatic heterocycles. The Labute approximate surface area is 350 Å². The van der Waals surface area contributed by atoms with Crippen molar-refractivity contribution in [3.05, 3.63) is 97.7 Å². The van der Waals surface area contributed by atoms with Crippen molar-refractivity contribution in [3.63, 3.8) is 0 Å². The number of ether oxygens (including phenoxy) is 1. The average molecular weight is 844 g/mol. The van der Waals surface area contributed by atoms with Crippen LogP contribution in [-0.4, -0.2) is 54.4 Å². The third kappa shape index (κ3) is 13.6. The van der Waals surface area contributed by atoms with Crippen LogP contribution in [0.25, 0.3) is 16.7 Å². The van der Waals surface area contributed by atoms with Crippen molar-refractivity contribution in [2.45, 2.75) is 150 Å². The predicted molar refractivity (Wildman–Crippen MR) is 230 cm³/mol. The van der Waals surface area contributed by atoms with Crippen LogP contribution in [0.5, 0.6) is 0 Å². The topological polar surface area (TPSA) is 121 Å². The number of alkyl halides is 2. The van der Waals surface area contributed by atoms with Crippen LogP contribution in [0.4, 0.5) is 17.6 Å². The molecule has 1 N–H and O–H groups in total. The van der Waals surface area contributed by atoms with E-state index in [2.05, 4.69) is 13.8 Å². The molecule has 1 aliphatic rings. The summed E-state index contributed by atoms with van der Waals surface area (Å²) in [5, 5.41) is 9.29. The lowest BCUT2D eigenvalue weighted by Crippen LogP contribution is -2.29. The van der Waals surface area contributed by atoms with Gasteiger partial charge >= 0.3 is 0 Å². The van der Waals surface area contributed by atoms with E-state index in [4.69, 9.17) is 28.9 Å². The Kier molecular flexibility index (Phi) is 19.1. The van der Waals surface area contributed by atoms with Crippen LogP contribution < -0.4 is 5.56 Å². The van der Waals surface area contributed by atoms with Gasteiger partial charge in [0.1, 0.15) is 17.5 Å². The Morgan fingerprint density at radius 2 is 1.61 bits per heavy atom. The molecule has 5 rings (SSSR count). The summed E-state index contributed by atoms with van der Waals surface area (Å²) in [7, 11) is 1.76. The first kappa shape index (κ1) is 49.6. The highest BCUT2D eigenvalue weighted by atomic mass is 32.2. The molecule has 4 aromatic rings. The van der Waals surface area contributed by atoms with Crippen molar-refractivity contribution in [2.75, 3.05) is 13.4 Å². The number of methoxy groups -OCH3 is 1. The molecule has 59 heavy (non-hydrogen) atoms. The molecule has 326 valence electrons. The Morgan fingerprint density at radius 1 is 1.00 bits per heavy atom. The molecule has 0 radical (unpaired) electrons. The first-order valence-corrected chi connectivity index (χ1v) is 22.3. The van der Waals surface area contributed by atoms with E-state index in [0.29, 0.717) is 71.2 Å². The molecule has 3 unspecified atom stereocenters. The Hall–Kier alpha value is -3.81. The summed E-state index contributed by atoms with van der Waals surface area (Å²) in [6.07, 6.45) is 7.72. The fourth-order valence-electron chi connectivity index (χ4n) is 7.70. The Morgan fingerprint density at radius 3 is 2.14 bits per heavy atom. The average Bonchev–Trinajstić information content (AvgIpc) is 3.15. The van der Waals surface area contributed by atoms with E-state index in [1.54, 1.807) is 11.7 Å². The van der Waals surface area contributed by atoms with Crippen LogP contribution in [0.15, 0.2) is 41.2 Å². The van der Waals surface area contributed by atoms with Crippen LogP contribution in [0.2, 0.25) is 0 Å². The summed E-state index contributed by atoms with van der Waals surface area (Å²) in [6.45, 7) is 16.0. The molecule has 1 saturated carbocycles. The number of hydrogen-bond donors (Lipinski definition) is 1. The van der Waals surface area contributed by atoms with Gasteiger partial charge in [-0.3, -0.25) is 13.6 Å². The van der Waals surface area contributed by atoms with E-state index >= 15 is 0 Å². The highest BCUT2D eigenvalue weighted by molar-refractivity contribution is 7.78. The number of benzene rings is 2. The van der Waals surface area contributed by atoms with E-state index in [-0.39, 0.29) is 42.3 Å². The largest absolute Gasteiger partial charge is 0.773 e. The van der Waals surface area contributed by atoms with Crippen molar-refractivity contribution in [1.82, 2.24) is 14.5 Å². The molecule has 1 aliphatic carbocycles. The molecule has 13 heteroatoms. The lowest BCUT2D eigenvalue weighted by molar-refractivity contribution is -0.0384. The molecule has 0 saturated heterocycles. The Balaban J connectivity index is 0.000000677. The van der Waals surface area contributed by atoms with Crippen molar-refractivity contribution < 1.29 is 31.1 Å². The third-order valence-electron chi connectivity index (χ3n) is 11.0. The SMILES string of the molecule is CCCC(Cc1cc(F)cc(F)c1)c1nc2nc(C3CCC(F)(F)CC3)cc(C)c2c(=O)n1-c1ccc(CC)c(C(=N)C(C)C)c1C.CCCCC(C)OC.CS(=O)[O-]. The predicted octanol–water partition coefficient (Wildman–Crippen LogP) is 11.4. The van der Waals surface area contributed by atoms with Crippen LogP contribution in [-0.2, 0) is 28.7 Å². The van der Waals surface area contributed by atoms with E-state index in [0.717, 1.165) is 35.4 Å². The van der Waals surface area contributed by atoms with Crippen LogP contribution in [0.1, 0.15) is 151 Å². The minimum atomic E-state index is -2.68. The van der Waals surface area contributed by atoms with E-state index < -0.39 is 34.6 Å². The van der Waals surface area contributed by atoms with E-state index in [9.17, 15) is 22.4 Å². The Bertz CT molecular complexity index is 2090. The molecule has 8 nitrogen and oxygen atoms in total.